The Morgan fingerprint density at radius 2 is 2.23 bits per heavy atom. The number of carbonyl (C=O) groups excluding carboxylic acids is 2. The molecule has 1 aliphatic heterocycles. The standard InChI is InChI=1S/C21H22N4O5/c1-29-21(28)13-6-7-15-16(10-13)23-18(24-19(15)26)12-25-8-2-5-17(25)20(27)22-11-14-4-3-9-30-14/h3-4,6-7,9-10,17H,2,5,8,11-12H2,1H3,(H,22,27)(H,23,24,26). The molecule has 30 heavy (non-hydrogen) atoms. The van der Waals surface area contributed by atoms with Gasteiger partial charge in [0.05, 0.1) is 49.0 Å². The molecule has 3 aromatic rings. The molecule has 9 nitrogen and oxygen atoms in total. The molecule has 1 fully saturated rings. The fraction of sp³-hybridized carbons (Fsp3) is 0.333. The van der Waals surface area contributed by atoms with E-state index in [9.17, 15) is 14.4 Å². The van der Waals surface area contributed by atoms with Crippen LogP contribution in [0.5, 0.6) is 0 Å². The van der Waals surface area contributed by atoms with Gasteiger partial charge in [-0.2, -0.15) is 0 Å². The summed E-state index contributed by atoms with van der Waals surface area (Å²) < 4.78 is 9.98. The maximum Gasteiger partial charge on any atom is 0.337 e. The summed E-state index contributed by atoms with van der Waals surface area (Å²) in [7, 11) is 1.30. The Balaban J connectivity index is 1.51. The number of furan rings is 1. The lowest BCUT2D eigenvalue weighted by atomic mass is 10.1. The highest BCUT2D eigenvalue weighted by atomic mass is 16.5. The smallest absolute Gasteiger partial charge is 0.337 e. The first-order valence-electron chi connectivity index (χ1n) is 9.70. The number of amides is 1. The van der Waals surface area contributed by atoms with Crippen LogP contribution in [0.3, 0.4) is 0 Å². The van der Waals surface area contributed by atoms with Gasteiger partial charge < -0.3 is 19.5 Å². The van der Waals surface area contributed by atoms with E-state index in [1.807, 2.05) is 4.90 Å². The van der Waals surface area contributed by atoms with Gasteiger partial charge in [-0.3, -0.25) is 14.5 Å². The maximum absolute atomic E-state index is 12.6. The molecule has 1 atom stereocenters. The van der Waals surface area contributed by atoms with Gasteiger partial charge in [-0.05, 0) is 49.7 Å². The second-order valence-corrected chi connectivity index (χ2v) is 7.16. The zero-order valence-electron chi connectivity index (χ0n) is 16.5. The number of methoxy groups -OCH3 is 1. The second kappa shape index (κ2) is 8.50. The van der Waals surface area contributed by atoms with Gasteiger partial charge in [0.1, 0.15) is 11.6 Å². The van der Waals surface area contributed by atoms with Crippen LogP contribution >= 0.6 is 0 Å². The normalized spacial score (nSPS) is 16.6. The van der Waals surface area contributed by atoms with E-state index in [1.54, 1.807) is 24.5 Å². The van der Waals surface area contributed by atoms with Gasteiger partial charge in [-0.25, -0.2) is 9.78 Å². The largest absolute Gasteiger partial charge is 0.467 e. The van der Waals surface area contributed by atoms with Crippen molar-refractivity contribution < 1.29 is 18.7 Å². The third-order valence-electron chi connectivity index (χ3n) is 5.21. The number of benzene rings is 1. The van der Waals surface area contributed by atoms with Gasteiger partial charge in [-0.1, -0.05) is 0 Å². The van der Waals surface area contributed by atoms with Crippen molar-refractivity contribution >= 4 is 22.8 Å². The Kier molecular flexibility index (Phi) is 5.62. The predicted octanol–water partition coefficient (Wildman–Crippen LogP) is 1.58. The summed E-state index contributed by atoms with van der Waals surface area (Å²) in [5, 5.41) is 3.28. The number of esters is 1. The number of nitrogens with one attached hydrogen (secondary N) is 2. The Bertz CT molecular complexity index is 1120. The summed E-state index contributed by atoms with van der Waals surface area (Å²) in [6.45, 7) is 1.38. The molecule has 0 saturated carbocycles. The van der Waals surface area contributed by atoms with Gasteiger partial charge in [0, 0.05) is 0 Å². The van der Waals surface area contributed by atoms with Crippen LogP contribution < -0.4 is 10.9 Å². The summed E-state index contributed by atoms with van der Waals surface area (Å²) in [5.74, 6) is 0.559. The van der Waals surface area contributed by atoms with E-state index in [2.05, 4.69) is 15.3 Å². The van der Waals surface area contributed by atoms with Crippen LogP contribution in [-0.2, 0) is 22.6 Å². The number of carbonyl (C=O) groups is 2. The van der Waals surface area contributed by atoms with Gasteiger partial charge in [0.15, 0.2) is 0 Å². The molecule has 1 aliphatic rings. The van der Waals surface area contributed by atoms with Crippen LogP contribution in [0.15, 0.2) is 45.8 Å². The molecular formula is C21H22N4O5. The topological polar surface area (TPSA) is 118 Å². The van der Waals surface area contributed by atoms with Crippen molar-refractivity contribution in [3.63, 3.8) is 0 Å². The number of nitrogens with zero attached hydrogens (tertiary/aromatic N) is 2. The van der Waals surface area contributed by atoms with E-state index in [0.29, 0.717) is 41.1 Å². The zero-order chi connectivity index (χ0) is 21.1. The van der Waals surface area contributed by atoms with Crippen LogP contribution in [-0.4, -0.2) is 46.4 Å². The number of hydrogen-bond donors (Lipinski definition) is 2. The van der Waals surface area contributed by atoms with Gasteiger partial charge in [0.2, 0.25) is 5.91 Å². The number of rotatable bonds is 6. The van der Waals surface area contributed by atoms with Crippen molar-refractivity contribution in [1.29, 1.82) is 0 Å². The second-order valence-electron chi connectivity index (χ2n) is 7.16. The summed E-state index contributed by atoms with van der Waals surface area (Å²) in [5.41, 5.74) is 0.449. The molecule has 2 aromatic heterocycles. The van der Waals surface area contributed by atoms with Gasteiger partial charge >= 0.3 is 5.97 Å². The number of fused-ring (bicyclic) bond motifs is 1. The lowest BCUT2D eigenvalue weighted by molar-refractivity contribution is -0.125. The molecule has 0 bridgehead atoms. The van der Waals surface area contributed by atoms with Crippen LogP contribution in [0.2, 0.25) is 0 Å². The number of ether oxygens (including phenoxy) is 1. The van der Waals surface area contributed by atoms with Crippen molar-refractivity contribution in [3.8, 4) is 0 Å². The Labute approximate surface area is 172 Å². The molecule has 1 saturated heterocycles. The lowest BCUT2D eigenvalue weighted by Crippen LogP contribution is -2.43. The summed E-state index contributed by atoms with van der Waals surface area (Å²) in [6.07, 6.45) is 3.17. The average molecular weight is 410 g/mol. The van der Waals surface area contributed by atoms with Crippen LogP contribution in [0, 0.1) is 0 Å². The molecular weight excluding hydrogens is 388 g/mol. The minimum atomic E-state index is -0.492. The highest BCUT2D eigenvalue weighted by Crippen LogP contribution is 2.20. The molecule has 3 heterocycles. The molecule has 0 radical (unpaired) electrons. The maximum atomic E-state index is 12.6. The van der Waals surface area contributed by atoms with Crippen LogP contribution in [0.25, 0.3) is 10.9 Å². The Morgan fingerprint density at radius 3 is 3.00 bits per heavy atom. The fourth-order valence-corrected chi connectivity index (χ4v) is 3.72. The van der Waals surface area contributed by atoms with E-state index in [1.165, 1.54) is 19.2 Å². The highest BCUT2D eigenvalue weighted by Gasteiger charge is 2.31. The quantitative estimate of drug-likeness (QED) is 0.593. The first-order chi connectivity index (χ1) is 14.5. The third kappa shape index (κ3) is 4.11. The minimum Gasteiger partial charge on any atom is -0.467 e. The van der Waals surface area contributed by atoms with Crippen LogP contribution in [0.1, 0.15) is 34.8 Å². The molecule has 156 valence electrons. The number of hydrogen-bond acceptors (Lipinski definition) is 7. The summed E-state index contributed by atoms with van der Waals surface area (Å²) in [6, 6.07) is 7.90. The van der Waals surface area contributed by atoms with Crippen molar-refractivity contribution in [1.82, 2.24) is 20.2 Å². The lowest BCUT2D eigenvalue weighted by Gasteiger charge is -2.23. The zero-order valence-corrected chi connectivity index (χ0v) is 16.5. The molecule has 1 amide bonds. The molecule has 0 aliphatic carbocycles. The number of aromatic amines is 1. The number of H-pyrrole nitrogens is 1. The Hall–Kier alpha value is -3.46. The van der Waals surface area contributed by atoms with E-state index in [0.717, 1.165) is 19.4 Å². The van der Waals surface area contributed by atoms with E-state index in [-0.39, 0.29) is 17.5 Å². The minimum absolute atomic E-state index is 0.0833. The predicted molar refractivity (Wildman–Crippen MR) is 108 cm³/mol. The van der Waals surface area contributed by atoms with E-state index >= 15 is 0 Å². The SMILES string of the molecule is COC(=O)c1ccc2c(=O)[nH]c(CN3CCCC3C(=O)NCc3ccco3)nc2c1. The monoisotopic (exact) mass is 410 g/mol. The van der Waals surface area contributed by atoms with Crippen molar-refractivity contribution in [2.24, 2.45) is 0 Å². The summed E-state index contributed by atoms with van der Waals surface area (Å²) >= 11 is 0. The molecule has 2 N–H and O–H groups in total. The van der Waals surface area contributed by atoms with Crippen molar-refractivity contribution in [2.75, 3.05) is 13.7 Å². The van der Waals surface area contributed by atoms with Crippen molar-refractivity contribution in [3.05, 3.63) is 64.1 Å². The van der Waals surface area contributed by atoms with Gasteiger partial charge in [-0.15, -0.1) is 0 Å². The highest BCUT2D eigenvalue weighted by molar-refractivity contribution is 5.94. The average Bonchev–Trinajstić information content (AvgIpc) is 3.43. The Morgan fingerprint density at radius 1 is 1.37 bits per heavy atom. The molecule has 1 unspecified atom stereocenters. The fourth-order valence-electron chi connectivity index (χ4n) is 3.72. The number of aromatic nitrogens is 2. The van der Waals surface area contributed by atoms with Crippen molar-refractivity contribution in [2.45, 2.75) is 32.0 Å². The molecule has 1 aromatic carbocycles. The molecule has 9 heteroatoms. The first kappa shape index (κ1) is 19.8. The van der Waals surface area contributed by atoms with Crippen LogP contribution in [0.4, 0.5) is 0 Å². The third-order valence-corrected chi connectivity index (χ3v) is 5.21. The first-order valence-corrected chi connectivity index (χ1v) is 9.70. The van der Waals surface area contributed by atoms with Gasteiger partial charge in [0.25, 0.3) is 5.56 Å². The van der Waals surface area contributed by atoms with E-state index < -0.39 is 5.97 Å². The summed E-state index contributed by atoms with van der Waals surface area (Å²) in [4.78, 5) is 46.1. The molecule has 4 rings (SSSR count). The number of likely N-dealkylation sites (tertiary alicyclic amines) is 1. The van der Waals surface area contributed by atoms with E-state index in [4.69, 9.17) is 9.15 Å². The molecule has 0 spiro atoms.